The molecule has 0 bridgehead atoms. The van der Waals surface area contributed by atoms with Crippen LogP contribution in [-0.4, -0.2) is 85.6 Å². The summed E-state index contributed by atoms with van der Waals surface area (Å²) in [6, 6.07) is 46.7. The average molecular weight is 945 g/mol. The smallest absolute Gasteiger partial charge is 0.0830 e. The highest BCUT2D eigenvalue weighted by Crippen LogP contribution is 2.38. The van der Waals surface area contributed by atoms with E-state index in [4.69, 9.17) is 10.2 Å². The van der Waals surface area contributed by atoms with E-state index < -0.39 is 12.2 Å². The zero-order chi connectivity index (χ0) is 45.4. The molecule has 11 heteroatoms. The van der Waals surface area contributed by atoms with Gasteiger partial charge in [0.1, 0.15) is 0 Å². The summed E-state index contributed by atoms with van der Waals surface area (Å²) in [6.07, 6.45) is 12.1. The molecule has 0 aliphatic carbocycles. The molecule has 4 aliphatic heterocycles. The minimum Gasteiger partial charge on any atom is -0.390 e. The van der Waals surface area contributed by atoms with E-state index in [1.807, 2.05) is 58.8 Å². The van der Waals surface area contributed by atoms with Crippen LogP contribution in [0.4, 0.5) is 22.7 Å². The summed E-state index contributed by atoms with van der Waals surface area (Å²) in [5, 5.41) is 36.3. The molecule has 0 saturated heterocycles. The molecule has 67 heavy (non-hydrogen) atoms. The number of hydrogen-bond acceptors (Lipinski definition) is 11. The Labute approximate surface area is 409 Å². The molecule has 344 valence electrons. The van der Waals surface area contributed by atoms with Gasteiger partial charge in [0, 0.05) is 68.6 Å². The topological polar surface area (TPSA) is 78.1 Å². The average Bonchev–Trinajstić information content (AvgIpc) is 3.37. The maximum atomic E-state index is 11.3. The van der Waals surface area contributed by atoms with Gasteiger partial charge in [-0.1, -0.05) is 48.2 Å². The minimum absolute atomic E-state index is 0.400. The predicted octanol–water partition coefficient (Wildman–Crippen LogP) is 11.2. The van der Waals surface area contributed by atoms with Crippen molar-refractivity contribution in [3.05, 3.63) is 167 Å². The van der Waals surface area contributed by atoms with Crippen LogP contribution in [-0.2, 0) is 25.7 Å². The fourth-order valence-corrected chi connectivity index (χ4v) is 12.4. The SMILES string of the molecule is OC(CSc1ccc(Sc2ccc(SCC(O)CN(/N=C/c3cc4c5c(c3)CCCN5CCC4)c3ccccc3)cc2)cc1)CN(/N=C/c1cc2c3c(c1)CCCN3CCC2)c1ccccc1. The standard InChI is InChI=1S/C56H60N6O2S3/c63-49(37-61(47-15-3-1-4-16-47)57-35-41-31-43-11-7-27-59-28-8-12-44(32-41)55(43)59)39-65-51-19-23-53(24-20-51)67-54-25-21-52(22-26-54)66-40-50(64)38-62(48-17-5-2-6-18-48)58-36-42-33-45-13-9-29-60-30-10-14-46(34-42)56(45)60/h1-6,15-26,31-36,49-50,63-64H,7-14,27-30,37-40H2/b57-35+,58-36+. The van der Waals surface area contributed by atoms with Crippen LogP contribution in [0.3, 0.4) is 0 Å². The molecule has 0 amide bonds. The van der Waals surface area contributed by atoms with Crippen molar-refractivity contribution >= 4 is 70.5 Å². The van der Waals surface area contributed by atoms with Crippen LogP contribution in [0.1, 0.15) is 59.1 Å². The largest absolute Gasteiger partial charge is 0.390 e. The Morgan fingerprint density at radius 2 is 0.821 bits per heavy atom. The number of benzene rings is 6. The number of nitrogens with zero attached hydrogens (tertiary/aromatic N) is 6. The summed E-state index contributed by atoms with van der Waals surface area (Å²) < 4.78 is 0. The fraction of sp³-hybridized carbons (Fsp3) is 0.321. The number of hydrogen-bond donors (Lipinski definition) is 2. The summed E-state index contributed by atoms with van der Waals surface area (Å²) >= 11 is 5.06. The Balaban J connectivity index is 0.703. The molecule has 2 unspecified atom stereocenters. The summed E-state index contributed by atoms with van der Waals surface area (Å²) in [4.78, 5) is 9.70. The van der Waals surface area contributed by atoms with Gasteiger partial charge in [-0.2, -0.15) is 10.2 Å². The molecule has 0 saturated carbocycles. The quantitative estimate of drug-likeness (QED) is 0.0498. The van der Waals surface area contributed by atoms with E-state index in [9.17, 15) is 10.2 Å². The van der Waals surface area contributed by atoms with E-state index in [1.165, 1.54) is 85.5 Å². The minimum atomic E-state index is -0.577. The van der Waals surface area contributed by atoms with E-state index in [1.54, 1.807) is 35.3 Å². The first-order chi connectivity index (χ1) is 33.0. The highest BCUT2D eigenvalue weighted by molar-refractivity contribution is 8.00. The number of rotatable bonds is 18. The van der Waals surface area contributed by atoms with Crippen molar-refractivity contribution in [2.24, 2.45) is 10.2 Å². The normalized spacial score (nSPS) is 16.2. The van der Waals surface area contributed by atoms with E-state index in [0.29, 0.717) is 24.6 Å². The molecule has 2 N–H and O–H groups in total. The molecule has 0 radical (unpaired) electrons. The van der Waals surface area contributed by atoms with E-state index >= 15 is 0 Å². The summed E-state index contributed by atoms with van der Waals surface area (Å²) in [5.74, 6) is 1.12. The fourth-order valence-electron chi connectivity index (χ4n) is 9.95. The molecule has 0 fully saturated rings. The van der Waals surface area contributed by atoms with Gasteiger partial charge in [0.25, 0.3) is 0 Å². The second kappa shape index (κ2) is 21.8. The number of thioether (sulfide) groups is 2. The number of aryl methyl sites for hydroxylation is 4. The van der Waals surface area contributed by atoms with Crippen LogP contribution in [0.25, 0.3) is 0 Å². The van der Waals surface area contributed by atoms with Crippen molar-refractivity contribution in [3.63, 3.8) is 0 Å². The Morgan fingerprint density at radius 1 is 0.478 bits per heavy atom. The Hall–Kier alpha value is -5.17. The van der Waals surface area contributed by atoms with Crippen LogP contribution < -0.4 is 19.8 Å². The molecule has 6 aromatic rings. The highest BCUT2D eigenvalue weighted by Gasteiger charge is 2.26. The van der Waals surface area contributed by atoms with Gasteiger partial charge < -0.3 is 20.0 Å². The van der Waals surface area contributed by atoms with E-state index in [0.717, 1.165) is 67.8 Å². The number of para-hydroxylation sites is 2. The van der Waals surface area contributed by atoms with Crippen LogP contribution >= 0.6 is 35.3 Å². The zero-order valence-electron chi connectivity index (χ0n) is 38.1. The zero-order valence-corrected chi connectivity index (χ0v) is 40.6. The molecule has 0 aromatic heterocycles. The molecular weight excluding hydrogens is 885 g/mol. The third-order valence-electron chi connectivity index (χ3n) is 13.0. The van der Waals surface area contributed by atoms with Crippen LogP contribution in [0, 0.1) is 0 Å². The van der Waals surface area contributed by atoms with Crippen LogP contribution in [0.5, 0.6) is 0 Å². The summed E-state index contributed by atoms with van der Waals surface area (Å²) in [5.41, 5.74) is 12.9. The highest BCUT2D eigenvalue weighted by atomic mass is 32.2. The summed E-state index contributed by atoms with van der Waals surface area (Å²) in [7, 11) is 0. The molecular formula is C56H60N6O2S3. The third kappa shape index (κ3) is 11.6. The lowest BCUT2D eigenvalue weighted by Gasteiger charge is -2.37. The lowest BCUT2D eigenvalue weighted by atomic mass is 9.90. The van der Waals surface area contributed by atoms with Crippen LogP contribution in [0.2, 0.25) is 0 Å². The van der Waals surface area contributed by atoms with Crippen molar-refractivity contribution in [3.8, 4) is 0 Å². The van der Waals surface area contributed by atoms with Gasteiger partial charge in [-0.25, -0.2) is 0 Å². The maximum Gasteiger partial charge on any atom is 0.0830 e. The first kappa shape index (κ1) is 45.6. The Kier molecular flexibility index (Phi) is 14.9. The van der Waals surface area contributed by atoms with E-state index in [2.05, 4.69) is 107 Å². The van der Waals surface area contributed by atoms with Crippen molar-refractivity contribution in [1.29, 1.82) is 0 Å². The monoisotopic (exact) mass is 944 g/mol. The van der Waals surface area contributed by atoms with Crippen molar-refractivity contribution in [2.75, 3.05) is 70.6 Å². The van der Waals surface area contributed by atoms with Crippen LogP contribution in [0.15, 0.2) is 163 Å². The first-order valence-electron chi connectivity index (χ1n) is 24.0. The molecule has 10 rings (SSSR count). The molecule has 6 aromatic carbocycles. The molecule has 4 aliphatic rings. The second-order valence-corrected chi connectivity index (χ2v) is 21.4. The van der Waals surface area contributed by atoms with Crippen molar-refractivity contribution < 1.29 is 10.2 Å². The number of hydrazone groups is 2. The first-order valence-corrected chi connectivity index (χ1v) is 26.8. The number of aliphatic hydroxyl groups excluding tert-OH is 2. The maximum absolute atomic E-state index is 11.3. The van der Waals surface area contributed by atoms with Crippen molar-refractivity contribution in [1.82, 2.24) is 0 Å². The van der Waals surface area contributed by atoms with Gasteiger partial charge in [-0.05, 0) is 182 Å². The number of anilines is 4. The molecule has 8 nitrogen and oxygen atoms in total. The molecule has 0 spiro atoms. The summed E-state index contributed by atoms with van der Waals surface area (Å²) in [6.45, 7) is 5.47. The van der Waals surface area contributed by atoms with Gasteiger partial charge in [0.2, 0.25) is 0 Å². The lowest BCUT2D eigenvalue weighted by Crippen LogP contribution is -2.34. The third-order valence-corrected chi connectivity index (χ3v) is 16.4. The molecule has 4 heterocycles. The van der Waals surface area contributed by atoms with Gasteiger partial charge in [0.15, 0.2) is 0 Å². The Morgan fingerprint density at radius 3 is 1.18 bits per heavy atom. The Bertz CT molecular complexity index is 2400. The second-order valence-electron chi connectivity index (χ2n) is 18.1. The van der Waals surface area contributed by atoms with Gasteiger partial charge >= 0.3 is 0 Å². The number of aliphatic hydroxyl groups is 2. The molecule has 2 atom stereocenters. The van der Waals surface area contributed by atoms with E-state index in [-0.39, 0.29) is 0 Å². The predicted molar refractivity (Wildman–Crippen MR) is 284 cm³/mol. The van der Waals surface area contributed by atoms with Gasteiger partial charge in [0.05, 0.1) is 49.1 Å². The lowest BCUT2D eigenvalue weighted by molar-refractivity contribution is 0.204. The van der Waals surface area contributed by atoms with Gasteiger partial charge in [-0.15, -0.1) is 23.5 Å². The van der Waals surface area contributed by atoms with Gasteiger partial charge in [-0.3, -0.25) is 10.0 Å². The van der Waals surface area contributed by atoms with Crippen molar-refractivity contribution in [2.45, 2.75) is 83.2 Å².